The van der Waals surface area contributed by atoms with Crippen molar-refractivity contribution in [3.05, 3.63) is 59.7 Å². The van der Waals surface area contributed by atoms with E-state index >= 15 is 0 Å². The van der Waals surface area contributed by atoms with Crippen molar-refractivity contribution in [2.24, 2.45) is 11.8 Å². The maximum absolute atomic E-state index is 12.9. The van der Waals surface area contributed by atoms with E-state index in [1.54, 1.807) is 36.9 Å². The van der Waals surface area contributed by atoms with Gasteiger partial charge in [0.05, 0.1) is 16.2 Å². The van der Waals surface area contributed by atoms with Crippen LogP contribution >= 0.6 is 0 Å². The molecule has 0 aromatic heterocycles. The lowest BCUT2D eigenvalue weighted by Gasteiger charge is -2.45. The molecule has 2 aliphatic rings. The van der Waals surface area contributed by atoms with Crippen LogP contribution in [0.4, 0.5) is 10.5 Å². The van der Waals surface area contributed by atoms with Crippen molar-refractivity contribution >= 4 is 27.5 Å². The summed E-state index contributed by atoms with van der Waals surface area (Å²) in [6.07, 6.45) is 1.48. The SMILES string of the molecule is CC(=O)N1c2ccc(S(=O)(=O)C(C)C)cc2[C@H](NC(=O)OCc2ccccc2)[C@@H](C)[C@@H]1C1CC1. The van der Waals surface area contributed by atoms with Gasteiger partial charge in [-0.05, 0) is 61.9 Å². The Morgan fingerprint density at radius 3 is 2.38 bits per heavy atom. The van der Waals surface area contributed by atoms with Gasteiger partial charge in [-0.1, -0.05) is 37.3 Å². The number of ether oxygens (including phenoxy) is 1. The van der Waals surface area contributed by atoms with Crippen LogP contribution < -0.4 is 10.2 Å². The van der Waals surface area contributed by atoms with E-state index in [9.17, 15) is 18.0 Å². The Hall–Kier alpha value is -2.87. The molecule has 1 N–H and O–H groups in total. The number of alkyl carbamates (subject to hydrolysis) is 1. The summed E-state index contributed by atoms with van der Waals surface area (Å²) in [5.41, 5.74) is 2.15. The molecule has 0 unspecified atom stereocenters. The van der Waals surface area contributed by atoms with E-state index in [-0.39, 0.29) is 29.4 Å². The number of nitrogens with zero attached hydrogens (tertiary/aromatic N) is 1. The smallest absolute Gasteiger partial charge is 0.407 e. The van der Waals surface area contributed by atoms with Gasteiger partial charge in [0, 0.05) is 24.6 Å². The van der Waals surface area contributed by atoms with Crippen LogP contribution in [0, 0.1) is 11.8 Å². The van der Waals surface area contributed by atoms with Gasteiger partial charge in [0.1, 0.15) is 6.61 Å². The highest BCUT2D eigenvalue weighted by Crippen LogP contribution is 2.49. The van der Waals surface area contributed by atoms with Gasteiger partial charge < -0.3 is 15.0 Å². The molecule has 1 aliphatic heterocycles. The standard InChI is InChI=1S/C26H32N2O5S/c1-16(2)34(31,32)21-12-13-23-22(14-21)24(17(3)25(20-10-11-20)28(23)18(4)29)27-26(30)33-15-19-8-6-5-7-9-19/h5-9,12-14,16-17,20,24-25H,10-11,15H2,1-4H3,(H,27,30)/t17-,24-,25-/m1/s1. The third-order valence-corrected chi connectivity index (χ3v) is 8.99. The fraction of sp³-hybridized carbons (Fsp3) is 0.462. The lowest BCUT2D eigenvalue weighted by molar-refractivity contribution is -0.117. The van der Waals surface area contributed by atoms with Crippen LogP contribution in [-0.2, 0) is 26.0 Å². The minimum atomic E-state index is -3.53. The minimum absolute atomic E-state index is 0.0722. The average Bonchev–Trinajstić information content (AvgIpc) is 3.64. The summed E-state index contributed by atoms with van der Waals surface area (Å²) in [6.45, 7) is 6.95. The van der Waals surface area contributed by atoms with Gasteiger partial charge in [-0.25, -0.2) is 13.2 Å². The summed E-state index contributed by atoms with van der Waals surface area (Å²) in [7, 11) is -3.53. The molecule has 0 bridgehead atoms. The third kappa shape index (κ3) is 4.69. The molecular weight excluding hydrogens is 452 g/mol. The monoisotopic (exact) mass is 484 g/mol. The first-order valence-corrected chi connectivity index (χ1v) is 13.3. The van der Waals surface area contributed by atoms with Gasteiger partial charge in [-0.15, -0.1) is 0 Å². The maximum Gasteiger partial charge on any atom is 0.407 e. The van der Waals surface area contributed by atoms with Crippen molar-refractivity contribution < 1.29 is 22.7 Å². The first kappa shape index (κ1) is 24.3. The number of hydrogen-bond acceptors (Lipinski definition) is 5. The predicted molar refractivity (Wildman–Crippen MR) is 130 cm³/mol. The minimum Gasteiger partial charge on any atom is -0.445 e. The molecule has 1 aliphatic carbocycles. The van der Waals surface area contributed by atoms with Crippen LogP contribution in [0.1, 0.15) is 57.7 Å². The molecule has 2 aromatic rings. The molecular formula is C26H32N2O5S. The van der Waals surface area contributed by atoms with Crippen LogP contribution in [0.15, 0.2) is 53.4 Å². The average molecular weight is 485 g/mol. The molecule has 182 valence electrons. The predicted octanol–water partition coefficient (Wildman–Crippen LogP) is 4.62. The van der Waals surface area contributed by atoms with Crippen LogP contribution in [0.3, 0.4) is 0 Å². The molecule has 2 aromatic carbocycles. The lowest BCUT2D eigenvalue weighted by atomic mass is 9.80. The number of hydrogen-bond donors (Lipinski definition) is 1. The highest BCUT2D eigenvalue weighted by atomic mass is 32.2. The molecule has 0 spiro atoms. The zero-order chi connectivity index (χ0) is 24.6. The zero-order valence-electron chi connectivity index (χ0n) is 20.0. The highest BCUT2D eigenvalue weighted by Gasteiger charge is 2.48. The van der Waals surface area contributed by atoms with E-state index in [1.807, 2.05) is 37.3 Å². The molecule has 4 rings (SSSR count). The van der Waals surface area contributed by atoms with Gasteiger partial charge in [0.15, 0.2) is 9.84 Å². The second kappa shape index (κ2) is 9.41. The van der Waals surface area contributed by atoms with E-state index in [2.05, 4.69) is 5.32 Å². The van der Waals surface area contributed by atoms with E-state index in [0.29, 0.717) is 17.2 Å². The van der Waals surface area contributed by atoms with Crippen molar-refractivity contribution in [3.63, 3.8) is 0 Å². The van der Waals surface area contributed by atoms with E-state index < -0.39 is 27.2 Å². The fourth-order valence-corrected chi connectivity index (χ4v) is 5.98. The van der Waals surface area contributed by atoms with Crippen LogP contribution in [0.2, 0.25) is 0 Å². The number of fused-ring (bicyclic) bond motifs is 1. The second-order valence-corrected chi connectivity index (χ2v) is 12.1. The number of anilines is 1. The summed E-state index contributed by atoms with van der Waals surface area (Å²) >= 11 is 0. The van der Waals surface area contributed by atoms with Crippen LogP contribution in [0.5, 0.6) is 0 Å². The largest absolute Gasteiger partial charge is 0.445 e. The molecule has 0 saturated heterocycles. The Bertz CT molecular complexity index is 1170. The summed E-state index contributed by atoms with van der Waals surface area (Å²) < 4.78 is 31.3. The van der Waals surface area contributed by atoms with E-state index in [4.69, 9.17) is 4.74 Å². The van der Waals surface area contributed by atoms with Crippen molar-refractivity contribution in [3.8, 4) is 0 Å². The first-order chi connectivity index (χ1) is 16.1. The molecule has 1 fully saturated rings. The molecule has 8 heteroatoms. The lowest BCUT2D eigenvalue weighted by Crippen LogP contribution is -2.53. The summed E-state index contributed by atoms with van der Waals surface area (Å²) in [5, 5.41) is 2.39. The Balaban J connectivity index is 1.70. The van der Waals surface area contributed by atoms with Crippen molar-refractivity contribution in [2.45, 2.75) is 69.4 Å². The second-order valence-electron chi connectivity index (χ2n) is 9.57. The number of rotatable bonds is 6. The summed E-state index contributed by atoms with van der Waals surface area (Å²) in [5.74, 6) is 0.149. The maximum atomic E-state index is 12.9. The number of sulfone groups is 1. The van der Waals surface area contributed by atoms with Crippen molar-refractivity contribution in [1.29, 1.82) is 0 Å². The number of benzene rings is 2. The summed E-state index contributed by atoms with van der Waals surface area (Å²) in [4.78, 5) is 27.5. The van der Waals surface area contributed by atoms with Gasteiger partial charge in [0.25, 0.3) is 0 Å². The first-order valence-electron chi connectivity index (χ1n) is 11.8. The molecule has 7 nitrogen and oxygen atoms in total. The number of amides is 2. The quantitative estimate of drug-likeness (QED) is 0.646. The van der Waals surface area contributed by atoms with Crippen LogP contribution in [0.25, 0.3) is 0 Å². The Kier molecular flexibility index (Phi) is 6.71. The van der Waals surface area contributed by atoms with E-state index in [1.165, 1.54) is 6.92 Å². The van der Waals surface area contributed by atoms with Gasteiger partial charge in [-0.3, -0.25) is 4.79 Å². The molecule has 1 saturated carbocycles. The normalized spacial score (nSPS) is 22.3. The summed E-state index contributed by atoms with van der Waals surface area (Å²) in [6, 6.07) is 13.7. The fourth-order valence-electron chi connectivity index (χ4n) is 4.88. The highest BCUT2D eigenvalue weighted by molar-refractivity contribution is 7.92. The van der Waals surface area contributed by atoms with Gasteiger partial charge >= 0.3 is 6.09 Å². The molecule has 1 heterocycles. The Morgan fingerprint density at radius 2 is 1.79 bits per heavy atom. The van der Waals surface area contributed by atoms with Crippen LogP contribution in [-0.4, -0.2) is 31.7 Å². The molecule has 0 radical (unpaired) electrons. The van der Waals surface area contributed by atoms with Gasteiger partial charge in [0.2, 0.25) is 5.91 Å². The topological polar surface area (TPSA) is 92.8 Å². The molecule has 3 atom stereocenters. The van der Waals surface area contributed by atoms with Crippen molar-refractivity contribution in [1.82, 2.24) is 5.32 Å². The third-order valence-electron chi connectivity index (χ3n) is 6.84. The zero-order valence-corrected chi connectivity index (χ0v) is 20.8. The van der Waals surface area contributed by atoms with Gasteiger partial charge in [-0.2, -0.15) is 0 Å². The Labute approximate surface area is 201 Å². The number of nitrogens with one attached hydrogen (secondary N) is 1. The van der Waals surface area contributed by atoms with E-state index in [0.717, 1.165) is 18.4 Å². The number of carbonyl (C=O) groups is 2. The number of carbonyl (C=O) groups excluding carboxylic acids is 2. The van der Waals surface area contributed by atoms with Crippen molar-refractivity contribution in [2.75, 3.05) is 4.90 Å². The molecule has 34 heavy (non-hydrogen) atoms. The Morgan fingerprint density at radius 1 is 1.12 bits per heavy atom. The molecule has 2 amide bonds.